The third-order valence-corrected chi connectivity index (χ3v) is 5.16. The highest BCUT2D eigenvalue weighted by Crippen LogP contribution is 2.46. The van der Waals surface area contributed by atoms with Crippen LogP contribution in [0.15, 0.2) is 36.5 Å². The molecular formula is C21H26N2O5. The summed E-state index contributed by atoms with van der Waals surface area (Å²) in [6, 6.07) is 8.41. The Morgan fingerprint density at radius 3 is 2.50 bits per heavy atom. The van der Waals surface area contributed by atoms with Crippen LogP contribution >= 0.6 is 0 Å². The number of likely N-dealkylation sites (tertiary alicyclic amines) is 1. The summed E-state index contributed by atoms with van der Waals surface area (Å²) < 4.78 is 16.6. The zero-order valence-electron chi connectivity index (χ0n) is 16.4. The number of benzene rings is 1. The first kappa shape index (κ1) is 19.9. The van der Waals surface area contributed by atoms with Gasteiger partial charge in [-0.1, -0.05) is 12.5 Å². The SMILES string of the molecule is COc1ccc(C(c2ccccn2)N2CCCCC2C(=O)O)c(OC)c1OC. The van der Waals surface area contributed by atoms with Crippen LogP contribution in [0.5, 0.6) is 17.2 Å². The van der Waals surface area contributed by atoms with E-state index in [4.69, 9.17) is 14.2 Å². The summed E-state index contributed by atoms with van der Waals surface area (Å²) in [4.78, 5) is 18.5. The molecule has 0 aliphatic carbocycles. The van der Waals surface area contributed by atoms with Crippen molar-refractivity contribution in [2.45, 2.75) is 31.3 Å². The fourth-order valence-corrected chi connectivity index (χ4v) is 3.91. The fraction of sp³-hybridized carbons (Fsp3) is 0.429. The molecule has 7 nitrogen and oxygen atoms in total. The van der Waals surface area contributed by atoms with Gasteiger partial charge in [-0.2, -0.15) is 0 Å². The first-order chi connectivity index (χ1) is 13.6. The maximum Gasteiger partial charge on any atom is 0.320 e. The van der Waals surface area contributed by atoms with E-state index in [0.29, 0.717) is 30.2 Å². The maximum atomic E-state index is 12.0. The zero-order valence-corrected chi connectivity index (χ0v) is 16.4. The number of aliphatic carboxylic acids is 1. The van der Waals surface area contributed by atoms with Gasteiger partial charge in [0, 0.05) is 11.8 Å². The molecule has 3 rings (SSSR count). The standard InChI is InChI=1S/C21H26N2O5/c1-26-17-11-10-14(19(27-2)20(17)28-3)18(15-8-4-6-12-22-15)23-13-7-5-9-16(23)21(24)25/h4,6,8,10-12,16,18H,5,7,9,13H2,1-3H3,(H,24,25). The first-order valence-corrected chi connectivity index (χ1v) is 9.30. The Bertz CT molecular complexity index is 812. The highest BCUT2D eigenvalue weighted by atomic mass is 16.5. The molecule has 0 saturated carbocycles. The van der Waals surface area contributed by atoms with E-state index in [2.05, 4.69) is 4.98 Å². The quantitative estimate of drug-likeness (QED) is 0.783. The van der Waals surface area contributed by atoms with Crippen molar-refractivity contribution in [3.63, 3.8) is 0 Å². The molecule has 1 N–H and O–H groups in total. The largest absolute Gasteiger partial charge is 0.493 e. The van der Waals surface area contributed by atoms with Crippen molar-refractivity contribution in [1.29, 1.82) is 0 Å². The Kier molecular flexibility index (Phi) is 6.36. The zero-order chi connectivity index (χ0) is 20.1. The van der Waals surface area contributed by atoms with Crippen LogP contribution in [-0.4, -0.2) is 54.9 Å². The number of pyridine rings is 1. The van der Waals surface area contributed by atoms with Gasteiger partial charge in [-0.3, -0.25) is 14.7 Å². The second kappa shape index (κ2) is 8.93. The van der Waals surface area contributed by atoms with Crippen LogP contribution in [-0.2, 0) is 4.79 Å². The molecule has 1 aliphatic rings. The summed E-state index contributed by atoms with van der Waals surface area (Å²) in [5, 5.41) is 9.82. The Balaban J connectivity index is 2.19. The van der Waals surface area contributed by atoms with Crippen molar-refractivity contribution in [1.82, 2.24) is 9.88 Å². The summed E-state index contributed by atoms with van der Waals surface area (Å²) >= 11 is 0. The van der Waals surface area contributed by atoms with Crippen LogP contribution in [0.3, 0.4) is 0 Å². The molecule has 0 spiro atoms. The highest BCUT2D eigenvalue weighted by Gasteiger charge is 2.37. The number of rotatable bonds is 7. The Labute approximate surface area is 164 Å². The van der Waals surface area contributed by atoms with Crippen molar-refractivity contribution in [2.24, 2.45) is 0 Å². The van der Waals surface area contributed by atoms with Gasteiger partial charge in [0.15, 0.2) is 11.5 Å². The van der Waals surface area contributed by atoms with Gasteiger partial charge in [-0.15, -0.1) is 0 Å². The Morgan fingerprint density at radius 2 is 1.89 bits per heavy atom. The first-order valence-electron chi connectivity index (χ1n) is 9.30. The molecule has 1 aromatic carbocycles. The average Bonchev–Trinajstić information content (AvgIpc) is 2.74. The van der Waals surface area contributed by atoms with Gasteiger partial charge in [0.1, 0.15) is 6.04 Å². The number of carboxylic acid groups (broad SMARTS) is 1. The molecule has 1 fully saturated rings. The molecule has 28 heavy (non-hydrogen) atoms. The van der Waals surface area contributed by atoms with Crippen molar-refractivity contribution in [2.75, 3.05) is 27.9 Å². The van der Waals surface area contributed by atoms with Gasteiger partial charge in [-0.25, -0.2) is 0 Å². The summed E-state index contributed by atoms with van der Waals surface area (Å²) in [5.74, 6) is 0.732. The Morgan fingerprint density at radius 1 is 1.11 bits per heavy atom. The predicted octanol–water partition coefficient (Wildman–Crippen LogP) is 3.14. The number of hydrogen-bond donors (Lipinski definition) is 1. The number of aromatic nitrogens is 1. The minimum atomic E-state index is -0.819. The average molecular weight is 386 g/mol. The van der Waals surface area contributed by atoms with Crippen LogP contribution in [0, 0.1) is 0 Å². The minimum Gasteiger partial charge on any atom is -0.493 e. The molecule has 7 heteroatoms. The van der Waals surface area contributed by atoms with Crippen molar-refractivity contribution < 1.29 is 24.1 Å². The van der Waals surface area contributed by atoms with Crippen LogP contribution in [0.2, 0.25) is 0 Å². The van der Waals surface area contributed by atoms with E-state index in [9.17, 15) is 9.90 Å². The maximum absolute atomic E-state index is 12.0. The predicted molar refractivity (Wildman–Crippen MR) is 104 cm³/mol. The number of methoxy groups -OCH3 is 3. The molecular weight excluding hydrogens is 360 g/mol. The van der Waals surface area contributed by atoms with E-state index in [1.807, 2.05) is 35.2 Å². The van der Waals surface area contributed by atoms with E-state index in [1.165, 1.54) is 0 Å². The van der Waals surface area contributed by atoms with E-state index in [-0.39, 0.29) is 6.04 Å². The third-order valence-electron chi connectivity index (χ3n) is 5.16. The summed E-state index contributed by atoms with van der Waals surface area (Å²) in [6.07, 6.45) is 4.15. The molecule has 1 aliphatic heterocycles. The van der Waals surface area contributed by atoms with E-state index in [1.54, 1.807) is 27.5 Å². The second-order valence-corrected chi connectivity index (χ2v) is 6.67. The molecule has 0 bridgehead atoms. The highest BCUT2D eigenvalue weighted by molar-refractivity contribution is 5.74. The number of carbonyl (C=O) groups is 1. The van der Waals surface area contributed by atoms with Gasteiger partial charge in [0.2, 0.25) is 5.75 Å². The fourth-order valence-electron chi connectivity index (χ4n) is 3.91. The number of piperidine rings is 1. The smallest absolute Gasteiger partial charge is 0.320 e. The van der Waals surface area contributed by atoms with Crippen molar-refractivity contribution in [3.05, 3.63) is 47.8 Å². The van der Waals surface area contributed by atoms with E-state index in [0.717, 1.165) is 24.1 Å². The molecule has 1 saturated heterocycles. The topological polar surface area (TPSA) is 81.1 Å². The molecule has 1 aromatic heterocycles. The van der Waals surface area contributed by atoms with E-state index < -0.39 is 12.0 Å². The monoisotopic (exact) mass is 386 g/mol. The van der Waals surface area contributed by atoms with Gasteiger partial charge in [-0.05, 0) is 43.7 Å². The van der Waals surface area contributed by atoms with Crippen molar-refractivity contribution >= 4 is 5.97 Å². The molecule has 2 atom stereocenters. The van der Waals surface area contributed by atoms with Crippen LogP contribution in [0.25, 0.3) is 0 Å². The molecule has 150 valence electrons. The lowest BCUT2D eigenvalue weighted by Crippen LogP contribution is -2.47. The van der Waals surface area contributed by atoms with E-state index >= 15 is 0 Å². The van der Waals surface area contributed by atoms with Gasteiger partial charge in [0.05, 0.1) is 33.1 Å². The summed E-state index contributed by atoms with van der Waals surface area (Å²) in [6.45, 7) is 0.662. The molecule has 2 unspecified atom stereocenters. The molecule has 2 heterocycles. The van der Waals surface area contributed by atoms with Crippen molar-refractivity contribution in [3.8, 4) is 17.2 Å². The number of nitrogens with zero attached hydrogens (tertiary/aromatic N) is 2. The number of hydrogen-bond acceptors (Lipinski definition) is 6. The van der Waals surface area contributed by atoms with Gasteiger partial charge >= 0.3 is 5.97 Å². The minimum absolute atomic E-state index is 0.377. The molecule has 0 amide bonds. The van der Waals surface area contributed by atoms with Gasteiger partial charge < -0.3 is 19.3 Å². The van der Waals surface area contributed by atoms with Crippen LogP contribution in [0.1, 0.15) is 36.6 Å². The lowest BCUT2D eigenvalue weighted by atomic mass is 9.93. The molecule has 2 aromatic rings. The van der Waals surface area contributed by atoms with Gasteiger partial charge in [0.25, 0.3) is 0 Å². The lowest BCUT2D eigenvalue weighted by Gasteiger charge is -2.39. The second-order valence-electron chi connectivity index (χ2n) is 6.67. The Hall–Kier alpha value is -2.80. The number of ether oxygens (including phenoxy) is 3. The van der Waals surface area contributed by atoms with Crippen LogP contribution in [0.4, 0.5) is 0 Å². The molecule has 0 radical (unpaired) electrons. The summed E-state index contributed by atoms with van der Waals surface area (Å²) in [5.41, 5.74) is 1.56. The number of carboxylic acids is 1. The normalized spacial score (nSPS) is 18.3. The lowest BCUT2D eigenvalue weighted by molar-refractivity contribution is -0.145. The van der Waals surface area contributed by atoms with Crippen LogP contribution < -0.4 is 14.2 Å². The third kappa shape index (κ3) is 3.75. The summed E-state index contributed by atoms with van der Waals surface area (Å²) in [7, 11) is 4.69.